The van der Waals surface area contributed by atoms with Crippen molar-refractivity contribution in [3.05, 3.63) is 29.8 Å². The number of nitrogens with one attached hydrogen (secondary N) is 2. The van der Waals surface area contributed by atoms with Crippen molar-refractivity contribution >= 4 is 23.2 Å². The number of hydrogen-bond donors (Lipinski definition) is 2. The van der Waals surface area contributed by atoms with Crippen LogP contribution in [-0.4, -0.2) is 17.5 Å². The van der Waals surface area contributed by atoms with E-state index >= 15 is 0 Å². The van der Waals surface area contributed by atoms with Crippen molar-refractivity contribution in [3.63, 3.8) is 0 Å². The zero-order valence-electron chi connectivity index (χ0n) is 16.0. The zero-order valence-corrected chi connectivity index (χ0v) is 16.0. The minimum atomic E-state index is -0.0435. The molecule has 0 saturated heterocycles. The molecule has 0 spiro atoms. The normalized spacial score (nSPS) is 14.2. The van der Waals surface area contributed by atoms with Crippen LogP contribution in [-0.2, 0) is 9.59 Å². The molecule has 0 atom stereocenters. The molecule has 0 aromatic heterocycles. The molecule has 5 nitrogen and oxygen atoms in total. The summed E-state index contributed by atoms with van der Waals surface area (Å²) < 4.78 is 0. The second kappa shape index (κ2) is 10.7. The highest BCUT2D eigenvalue weighted by atomic mass is 16.2. The summed E-state index contributed by atoms with van der Waals surface area (Å²) in [6.45, 7) is 4.05. The molecule has 26 heavy (non-hydrogen) atoms. The maximum Gasteiger partial charge on any atom is 0.240 e. The number of benzene rings is 1. The highest BCUT2D eigenvalue weighted by Gasteiger charge is 2.29. The Balaban J connectivity index is 1.75. The first kappa shape index (κ1) is 20.1. The molecular weight excluding hydrogens is 326 g/mol. The van der Waals surface area contributed by atoms with E-state index in [1.54, 1.807) is 0 Å². The van der Waals surface area contributed by atoms with Crippen molar-refractivity contribution in [1.29, 1.82) is 0 Å². The summed E-state index contributed by atoms with van der Waals surface area (Å²) in [5.41, 5.74) is 5.02. The minimum absolute atomic E-state index is 0.0435. The van der Waals surface area contributed by atoms with Crippen molar-refractivity contribution in [1.82, 2.24) is 5.43 Å². The third-order valence-electron chi connectivity index (χ3n) is 4.60. The second-order valence-electron chi connectivity index (χ2n) is 7.09. The third-order valence-corrected chi connectivity index (χ3v) is 4.60. The largest absolute Gasteiger partial charge is 0.326 e. The number of carbonyl (C=O) groups is 2. The smallest absolute Gasteiger partial charge is 0.240 e. The van der Waals surface area contributed by atoms with E-state index in [0.29, 0.717) is 6.42 Å². The van der Waals surface area contributed by atoms with Gasteiger partial charge in [-0.3, -0.25) is 9.59 Å². The fourth-order valence-corrected chi connectivity index (χ4v) is 2.74. The molecule has 0 heterocycles. The van der Waals surface area contributed by atoms with Gasteiger partial charge in [0.15, 0.2) is 0 Å². The molecule has 1 aromatic carbocycles. The average molecular weight is 357 g/mol. The molecule has 0 unspecified atom stereocenters. The van der Waals surface area contributed by atoms with Crippen molar-refractivity contribution < 1.29 is 9.59 Å². The standard InChI is InChI=1S/C21H31N3O2/c1-3-4-5-6-7-8-12-20(25)24-23-16(2)18-10-9-11-19(15-18)22-21(26)17-13-14-17/h9-11,15,17H,3-8,12-14H2,1-2H3,(H,22,26)(H,24,25)/b23-16-. The number of nitrogens with zero attached hydrogens (tertiary/aromatic N) is 1. The van der Waals surface area contributed by atoms with Crippen LogP contribution in [0, 0.1) is 5.92 Å². The lowest BCUT2D eigenvalue weighted by Crippen LogP contribution is -2.19. The molecule has 2 rings (SSSR count). The third kappa shape index (κ3) is 7.38. The van der Waals surface area contributed by atoms with Gasteiger partial charge in [-0.25, -0.2) is 5.43 Å². The van der Waals surface area contributed by atoms with Gasteiger partial charge < -0.3 is 5.32 Å². The first-order chi connectivity index (χ1) is 12.6. The zero-order chi connectivity index (χ0) is 18.8. The van der Waals surface area contributed by atoms with Gasteiger partial charge in [-0.05, 0) is 43.9 Å². The Hall–Kier alpha value is -2.17. The van der Waals surface area contributed by atoms with E-state index in [0.717, 1.165) is 42.6 Å². The molecule has 1 aliphatic carbocycles. The summed E-state index contributed by atoms with van der Waals surface area (Å²) in [4.78, 5) is 23.7. The van der Waals surface area contributed by atoms with Crippen LogP contribution in [0.3, 0.4) is 0 Å². The van der Waals surface area contributed by atoms with E-state index in [1.807, 2.05) is 31.2 Å². The Bertz CT molecular complexity index is 636. The van der Waals surface area contributed by atoms with Gasteiger partial charge in [-0.1, -0.05) is 51.2 Å². The van der Waals surface area contributed by atoms with E-state index in [-0.39, 0.29) is 17.7 Å². The van der Waals surface area contributed by atoms with Crippen molar-refractivity contribution in [2.45, 2.75) is 71.6 Å². The topological polar surface area (TPSA) is 70.6 Å². The van der Waals surface area contributed by atoms with Crippen LogP contribution in [0.15, 0.2) is 29.4 Å². The summed E-state index contributed by atoms with van der Waals surface area (Å²) in [6, 6.07) is 7.56. The molecule has 0 bridgehead atoms. The number of carbonyl (C=O) groups excluding carboxylic acids is 2. The monoisotopic (exact) mass is 357 g/mol. The Morgan fingerprint density at radius 1 is 1.12 bits per heavy atom. The lowest BCUT2D eigenvalue weighted by Gasteiger charge is -2.07. The Labute approximate surface area is 156 Å². The van der Waals surface area contributed by atoms with Gasteiger partial charge in [-0.15, -0.1) is 0 Å². The molecular formula is C21H31N3O2. The highest BCUT2D eigenvalue weighted by Crippen LogP contribution is 2.30. The summed E-state index contributed by atoms with van der Waals surface area (Å²) in [5, 5.41) is 7.13. The molecule has 1 fully saturated rings. The quantitative estimate of drug-likeness (QED) is 0.344. The SMILES string of the molecule is CCCCCCCCC(=O)N/N=C(/C)c1cccc(NC(=O)C2CC2)c1. The lowest BCUT2D eigenvalue weighted by atomic mass is 10.1. The van der Waals surface area contributed by atoms with Crippen molar-refractivity contribution in [2.24, 2.45) is 11.0 Å². The molecule has 2 amide bonds. The molecule has 0 aliphatic heterocycles. The first-order valence-corrected chi connectivity index (χ1v) is 9.84. The van der Waals surface area contributed by atoms with Gasteiger partial charge in [0.05, 0.1) is 5.71 Å². The van der Waals surface area contributed by atoms with Crippen LogP contribution >= 0.6 is 0 Å². The van der Waals surface area contributed by atoms with Gasteiger partial charge in [0, 0.05) is 18.0 Å². The van der Waals surface area contributed by atoms with Gasteiger partial charge in [0.2, 0.25) is 11.8 Å². The van der Waals surface area contributed by atoms with Crippen LogP contribution < -0.4 is 10.7 Å². The number of amides is 2. The molecule has 1 aromatic rings. The lowest BCUT2D eigenvalue weighted by molar-refractivity contribution is -0.121. The fourth-order valence-electron chi connectivity index (χ4n) is 2.74. The van der Waals surface area contributed by atoms with Crippen LogP contribution in [0.25, 0.3) is 0 Å². The van der Waals surface area contributed by atoms with Crippen LogP contribution in [0.4, 0.5) is 5.69 Å². The molecule has 5 heteroatoms. The van der Waals surface area contributed by atoms with E-state index in [1.165, 1.54) is 25.7 Å². The number of hydrogen-bond acceptors (Lipinski definition) is 3. The van der Waals surface area contributed by atoms with Crippen molar-refractivity contribution in [3.8, 4) is 0 Å². The molecule has 2 N–H and O–H groups in total. The highest BCUT2D eigenvalue weighted by molar-refractivity contribution is 6.01. The van der Waals surface area contributed by atoms with Crippen LogP contribution in [0.1, 0.15) is 77.2 Å². The Morgan fingerprint density at radius 2 is 1.85 bits per heavy atom. The second-order valence-corrected chi connectivity index (χ2v) is 7.09. The van der Waals surface area contributed by atoms with Gasteiger partial charge in [0.25, 0.3) is 0 Å². The van der Waals surface area contributed by atoms with E-state index in [2.05, 4.69) is 22.8 Å². The molecule has 0 radical (unpaired) electrons. The maximum absolute atomic E-state index is 11.9. The Kier molecular flexibility index (Phi) is 8.32. The van der Waals surface area contributed by atoms with E-state index in [4.69, 9.17) is 0 Å². The predicted octanol–water partition coefficient (Wildman–Crippen LogP) is 4.63. The first-order valence-electron chi connectivity index (χ1n) is 9.84. The van der Waals surface area contributed by atoms with Gasteiger partial charge in [0.1, 0.15) is 0 Å². The van der Waals surface area contributed by atoms with E-state index < -0.39 is 0 Å². The Morgan fingerprint density at radius 3 is 2.58 bits per heavy atom. The average Bonchev–Trinajstić information content (AvgIpc) is 3.48. The molecule has 1 aliphatic rings. The maximum atomic E-state index is 11.9. The number of rotatable bonds is 11. The fraction of sp³-hybridized carbons (Fsp3) is 0.571. The van der Waals surface area contributed by atoms with Gasteiger partial charge in [-0.2, -0.15) is 5.10 Å². The summed E-state index contributed by atoms with van der Waals surface area (Å²) >= 11 is 0. The number of anilines is 1. The van der Waals surface area contributed by atoms with E-state index in [9.17, 15) is 9.59 Å². The van der Waals surface area contributed by atoms with Crippen LogP contribution in [0.2, 0.25) is 0 Å². The van der Waals surface area contributed by atoms with Crippen LogP contribution in [0.5, 0.6) is 0 Å². The number of hydrazone groups is 1. The summed E-state index contributed by atoms with van der Waals surface area (Å²) in [6.07, 6.45) is 9.45. The number of unbranched alkanes of at least 4 members (excludes halogenated alkanes) is 5. The van der Waals surface area contributed by atoms with Gasteiger partial charge >= 0.3 is 0 Å². The summed E-state index contributed by atoms with van der Waals surface area (Å²) in [7, 11) is 0. The molecule has 142 valence electrons. The summed E-state index contributed by atoms with van der Waals surface area (Å²) in [5.74, 6) is 0.219. The van der Waals surface area contributed by atoms with Crippen molar-refractivity contribution in [2.75, 3.05) is 5.32 Å². The predicted molar refractivity (Wildman–Crippen MR) is 106 cm³/mol. The minimum Gasteiger partial charge on any atom is -0.326 e. The molecule has 1 saturated carbocycles.